The molecule has 0 fully saturated rings. The lowest BCUT2D eigenvalue weighted by Gasteiger charge is -2.37. The first kappa shape index (κ1) is 16.8. The van der Waals surface area contributed by atoms with Gasteiger partial charge in [-0.15, -0.1) is 6.58 Å². The van der Waals surface area contributed by atoms with Crippen LogP contribution in [-0.2, 0) is 0 Å². The predicted octanol–water partition coefficient (Wildman–Crippen LogP) is 3.23. The van der Waals surface area contributed by atoms with Gasteiger partial charge in [-0.2, -0.15) is 0 Å². The molecule has 1 rings (SSSR count). The van der Waals surface area contributed by atoms with E-state index < -0.39 is 11.5 Å². The Morgan fingerprint density at radius 3 is 2.33 bits per heavy atom. The van der Waals surface area contributed by atoms with Gasteiger partial charge in [-0.1, -0.05) is 18.2 Å². The third-order valence-corrected chi connectivity index (χ3v) is 3.14. The molecule has 0 heterocycles. The van der Waals surface area contributed by atoms with Crippen molar-refractivity contribution in [2.45, 2.75) is 26.3 Å². The third kappa shape index (κ3) is 3.84. The normalized spacial score (nSPS) is 10.9. The number of carboxylic acid groups (broad SMARTS) is 1. The van der Waals surface area contributed by atoms with Gasteiger partial charge in [-0.25, -0.2) is 9.59 Å². The van der Waals surface area contributed by atoms with E-state index in [0.29, 0.717) is 12.2 Å². The second kappa shape index (κ2) is 6.43. The largest absolute Gasteiger partial charge is 0.478 e. The number of rotatable bonds is 4. The summed E-state index contributed by atoms with van der Waals surface area (Å²) in [4.78, 5) is 26.9. The Bertz CT molecular complexity index is 547. The average Bonchev–Trinajstić information content (AvgIpc) is 2.42. The monoisotopic (exact) mass is 290 g/mol. The maximum Gasteiger partial charge on any atom is 0.337 e. The maximum absolute atomic E-state index is 12.7. The van der Waals surface area contributed by atoms with Crippen LogP contribution in [0.1, 0.15) is 31.1 Å². The highest BCUT2D eigenvalue weighted by atomic mass is 16.4. The zero-order valence-corrected chi connectivity index (χ0v) is 13.0. The van der Waals surface area contributed by atoms with Crippen LogP contribution in [0.4, 0.5) is 10.5 Å². The molecule has 1 N–H and O–H groups in total. The third-order valence-electron chi connectivity index (χ3n) is 3.14. The van der Waals surface area contributed by atoms with Crippen molar-refractivity contribution in [1.29, 1.82) is 0 Å². The highest BCUT2D eigenvalue weighted by molar-refractivity contribution is 6.01. The van der Waals surface area contributed by atoms with Gasteiger partial charge in [-0.3, -0.25) is 4.90 Å². The van der Waals surface area contributed by atoms with Crippen molar-refractivity contribution in [2.24, 2.45) is 0 Å². The molecule has 0 saturated carbocycles. The number of hydrogen-bond acceptors (Lipinski definition) is 2. The summed E-state index contributed by atoms with van der Waals surface area (Å²) in [6, 6.07) is 6.18. The minimum absolute atomic E-state index is 0.0980. The van der Waals surface area contributed by atoms with Crippen LogP contribution in [0.25, 0.3) is 0 Å². The zero-order chi connectivity index (χ0) is 16.2. The molecule has 0 bridgehead atoms. The Morgan fingerprint density at radius 2 is 1.86 bits per heavy atom. The van der Waals surface area contributed by atoms with Gasteiger partial charge in [0.05, 0.1) is 11.3 Å². The fourth-order valence-electron chi connectivity index (χ4n) is 2.00. The minimum Gasteiger partial charge on any atom is -0.478 e. The van der Waals surface area contributed by atoms with Crippen LogP contribution in [-0.4, -0.2) is 41.1 Å². The summed E-state index contributed by atoms with van der Waals surface area (Å²) in [7, 11) is 1.58. The summed E-state index contributed by atoms with van der Waals surface area (Å²) >= 11 is 0. The second-order valence-electron chi connectivity index (χ2n) is 5.73. The Balaban J connectivity index is 3.18. The lowest BCUT2D eigenvalue weighted by molar-refractivity contribution is 0.0697. The number of nitrogens with zero attached hydrogens (tertiary/aromatic N) is 2. The molecule has 1 aromatic rings. The predicted molar refractivity (Wildman–Crippen MR) is 83.9 cm³/mol. The quantitative estimate of drug-likeness (QED) is 0.866. The number of amides is 2. The van der Waals surface area contributed by atoms with Crippen molar-refractivity contribution in [1.82, 2.24) is 4.90 Å². The van der Waals surface area contributed by atoms with E-state index in [2.05, 4.69) is 6.58 Å². The van der Waals surface area contributed by atoms with E-state index in [1.165, 1.54) is 11.0 Å². The van der Waals surface area contributed by atoms with E-state index in [0.717, 1.165) is 0 Å². The van der Waals surface area contributed by atoms with Crippen LogP contribution in [0.3, 0.4) is 0 Å². The minimum atomic E-state index is -1.06. The number of carboxylic acids is 1. The standard InChI is InChI=1S/C16H22N2O3/c1-6-11-18(16(2,3)4)15(21)17(5)13-10-8-7-9-12(13)14(19)20/h6-10H,1,11H2,2-5H3,(H,19,20). The molecular weight excluding hydrogens is 268 g/mol. The Morgan fingerprint density at radius 1 is 1.29 bits per heavy atom. The fraction of sp³-hybridized carbons (Fsp3) is 0.375. The van der Waals surface area contributed by atoms with Crippen molar-refractivity contribution < 1.29 is 14.7 Å². The molecule has 0 aliphatic rings. The number of carbonyl (C=O) groups is 2. The smallest absolute Gasteiger partial charge is 0.337 e. The van der Waals surface area contributed by atoms with Crippen LogP contribution in [0, 0.1) is 0 Å². The number of carbonyl (C=O) groups excluding carboxylic acids is 1. The van der Waals surface area contributed by atoms with E-state index >= 15 is 0 Å². The molecule has 114 valence electrons. The fourth-order valence-corrected chi connectivity index (χ4v) is 2.00. The van der Waals surface area contributed by atoms with Crippen LogP contribution >= 0.6 is 0 Å². The summed E-state index contributed by atoms with van der Waals surface area (Å²) in [6.45, 7) is 9.82. The van der Waals surface area contributed by atoms with Gasteiger partial charge in [0.1, 0.15) is 0 Å². The molecule has 0 unspecified atom stereocenters. The van der Waals surface area contributed by atoms with E-state index in [-0.39, 0.29) is 11.6 Å². The van der Waals surface area contributed by atoms with Crippen LogP contribution < -0.4 is 4.90 Å². The van der Waals surface area contributed by atoms with Crippen molar-refractivity contribution in [2.75, 3.05) is 18.5 Å². The number of urea groups is 1. The average molecular weight is 290 g/mol. The molecular formula is C16H22N2O3. The summed E-state index contributed by atoms with van der Waals surface area (Å²) < 4.78 is 0. The molecule has 0 radical (unpaired) electrons. The van der Waals surface area contributed by atoms with Crippen LogP contribution in [0.15, 0.2) is 36.9 Å². The lowest BCUT2D eigenvalue weighted by atomic mass is 10.1. The molecule has 0 spiro atoms. The number of benzene rings is 1. The molecule has 0 aliphatic carbocycles. The topological polar surface area (TPSA) is 60.9 Å². The molecule has 0 aliphatic heterocycles. The van der Waals surface area contributed by atoms with E-state index in [9.17, 15) is 14.7 Å². The highest BCUT2D eigenvalue weighted by Gasteiger charge is 2.29. The summed E-state index contributed by atoms with van der Waals surface area (Å²) in [5.74, 6) is -1.06. The van der Waals surface area contributed by atoms with E-state index in [4.69, 9.17) is 0 Å². The SMILES string of the molecule is C=CCN(C(=O)N(C)c1ccccc1C(=O)O)C(C)(C)C. The van der Waals surface area contributed by atoms with Crippen molar-refractivity contribution in [3.05, 3.63) is 42.5 Å². The van der Waals surface area contributed by atoms with E-state index in [1.807, 2.05) is 20.8 Å². The number of para-hydroxylation sites is 1. The van der Waals surface area contributed by atoms with E-state index in [1.54, 1.807) is 36.2 Å². The second-order valence-corrected chi connectivity index (χ2v) is 5.73. The number of hydrogen-bond donors (Lipinski definition) is 1. The first-order valence-corrected chi connectivity index (χ1v) is 6.68. The molecule has 1 aromatic carbocycles. The number of anilines is 1. The van der Waals surface area contributed by atoms with Gasteiger partial charge in [0, 0.05) is 19.1 Å². The van der Waals surface area contributed by atoms with Crippen LogP contribution in [0.5, 0.6) is 0 Å². The van der Waals surface area contributed by atoms with Gasteiger partial charge in [-0.05, 0) is 32.9 Å². The zero-order valence-electron chi connectivity index (χ0n) is 13.0. The lowest BCUT2D eigenvalue weighted by Crippen LogP contribution is -2.51. The highest BCUT2D eigenvalue weighted by Crippen LogP contribution is 2.23. The first-order chi connectivity index (χ1) is 9.70. The van der Waals surface area contributed by atoms with Crippen molar-refractivity contribution in [3.8, 4) is 0 Å². The van der Waals surface area contributed by atoms with Gasteiger partial charge in [0.15, 0.2) is 0 Å². The van der Waals surface area contributed by atoms with Gasteiger partial charge in [0.25, 0.3) is 0 Å². The molecule has 0 saturated heterocycles. The maximum atomic E-state index is 12.7. The molecule has 0 atom stereocenters. The van der Waals surface area contributed by atoms with Gasteiger partial charge < -0.3 is 10.0 Å². The Hall–Kier alpha value is -2.30. The van der Waals surface area contributed by atoms with Gasteiger partial charge in [0.2, 0.25) is 0 Å². The van der Waals surface area contributed by atoms with Crippen molar-refractivity contribution >= 4 is 17.7 Å². The van der Waals surface area contributed by atoms with Crippen LogP contribution in [0.2, 0.25) is 0 Å². The first-order valence-electron chi connectivity index (χ1n) is 6.68. The summed E-state index contributed by atoms with van der Waals surface area (Å²) in [5.41, 5.74) is 0.0756. The Kier molecular flexibility index (Phi) is 5.13. The molecule has 5 heteroatoms. The summed E-state index contributed by atoms with van der Waals surface area (Å²) in [5, 5.41) is 9.23. The molecule has 0 aromatic heterocycles. The number of aromatic carboxylic acids is 1. The molecule has 2 amide bonds. The van der Waals surface area contributed by atoms with Crippen molar-refractivity contribution in [3.63, 3.8) is 0 Å². The summed E-state index contributed by atoms with van der Waals surface area (Å²) in [6.07, 6.45) is 1.65. The molecule has 5 nitrogen and oxygen atoms in total. The van der Waals surface area contributed by atoms with Gasteiger partial charge >= 0.3 is 12.0 Å². The Labute approximate surface area is 125 Å². The molecule has 21 heavy (non-hydrogen) atoms.